The Labute approximate surface area is 99.3 Å². The highest BCUT2D eigenvalue weighted by molar-refractivity contribution is 5.93. The van der Waals surface area contributed by atoms with Crippen molar-refractivity contribution in [3.05, 3.63) is 11.6 Å². The zero-order valence-electron chi connectivity index (χ0n) is 11.0. The molecule has 0 aromatic rings. The minimum atomic E-state index is 0.285. The number of hydrogen-bond donors (Lipinski definition) is 0. The van der Waals surface area contributed by atoms with Crippen molar-refractivity contribution < 1.29 is 4.79 Å². The molecule has 0 spiro atoms. The normalized spacial score (nSPS) is 43.5. The van der Waals surface area contributed by atoms with Crippen LogP contribution in [0, 0.1) is 23.2 Å². The van der Waals surface area contributed by atoms with E-state index in [0.29, 0.717) is 5.41 Å². The first-order valence-electron chi connectivity index (χ1n) is 6.64. The lowest BCUT2D eigenvalue weighted by Gasteiger charge is -2.50. The first kappa shape index (κ1) is 11.9. The number of fused-ring (bicyclic) bond motifs is 1. The van der Waals surface area contributed by atoms with E-state index in [1.54, 1.807) is 6.92 Å². The van der Waals surface area contributed by atoms with Crippen LogP contribution in [-0.2, 0) is 4.79 Å². The summed E-state index contributed by atoms with van der Waals surface area (Å²) in [5.41, 5.74) is 1.55. The van der Waals surface area contributed by atoms with E-state index in [2.05, 4.69) is 26.8 Å². The molecule has 1 saturated carbocycles. The van der Waals surface area contributed by atoms with Crippen molar-refractivity contribution in [2.75, 3.05) is 0 Å². The first-order chi connectivity index (χ1) is 7.44. The molecule has 1 fully saturated rings. The smallest absolute Gasteiger partial charge is 0.155 e. The topological polar surface area (TPSA) is 17.1 Å². The summed E-state index contributed by atoms with van der Waals surface area (Å²) in [6.45, 7) is 8.89. The lowest BCUT2D eigenvalue weighted by atomic mass is 9.55. The molecule has 0 aromatic carbocycles. The van der Waals surface area contributed by atoms with E-state index in [4.69, 9.17) is 0 Å². The molecule has 0 aromatic heterocycles. The summed E-state index contributed by atoms with van der Waals surface area (Å²) >= 11 is 0. The van der Waals surface area contributed by atoms with Crippen LogP contribution >= 0.6 is 0 Å². The van der Waals surface area contributed by atoms with Gasteiger partial charge >= 0.3 is 0 Å². The highest BCUT2D eigenvalue weighted by Crippen LogP contribution is 2.53. The van der Waals surface area contributed by atoms with Gasteiger partial charge in [-0.15, -0.1) is 0 Å². The lowest BCUT2D eigenvalue weighted by Crippen LogP contribution is -2.41. The Kier molecular flexibility index (Phi) is 2.98. The maximum absolute atomic E-state index is 11.5. The molecule has 90 valence electrons. The fraction of sp³-hybridized carbons (Fsp3) is 0.800. The Balaban J connectivity index is 2.25. The van der Waals surface area contributed by atoms with Gasteiger partial charge in [0, 0.05) is 0 Å². The molecule has 1 heteroatoms. The van der Waals surface area contributed by atoms with Crippen LogP contribution in [0.15, 0.2) is 11.6 Å². The second kappa shape index (κ2) is 4.01. The number of carbonyl (C=O) groups excluding carboxylic acids is 1. The molecule has 2 rings (SSSR count). The summed E-state index contributed by atoms with van der Waals surface area (Å²) in [5, 5.41) is 0. The van der Waals surface area contributed by atoms with Crippen molar-refractivity contribution in [2.45, 2.75) is 53.4 Å². The first-order valence-corrected chi connectivity index (χ1v) is 6.64. The van der Waals surface area contributed by atoms with Crippen molar-refractivity contribution in [3.63, 3.8) is 0 Å². The fourth-order valence-electron chi connectivity index (χ4n) is 3.69. The van der Waals surface area contributed by atoms with E-state index in [9.17, 15) is 4.79 Å². The molecule has 2 aliphatic rings. The minimum absolute atomic E-state index is 0.285. The van der Waals surface area contributed by atoms with Crippen molar-refractivity contribution in [1.29, 1.82) is 0 Å². The van der Waals surface area contributed by atoms with Crippen LogP contribution in [0.25, 0.3) is 0 Å². The second-order valence-corrected chi connectivity index (χ2v) is 6.33. The zero-order valence-corrected chi connectivity index (χ0v) is 11.0. The Hall–Kier alpha value is -0.590. The number of allylic oxidation sites excluding steroid dienone is 2. The standard InChI is InChI=1S/C15H24O/c1-10-5-7-15(4)8-6-13(12(3)16)9-14(15)11(10)2/h6,10-11,14H,5,7-9H2,1-4H3/t10?,11-,14?,15-/m1/s1. The van der Waals surface area contributed by atoms with Gasteiger partial charge in [-0.25, -0.2) is 0 Å². The molecular formula is C15H24O. The highest BCUT2D eigenvalue weighted by atomic mass is 16.1. The van der Waals surface area contributed by atoms with Gasteiger partial charge in [0.2, 0.25) is 0 Å². The molecule has 2 unspecified atom stereocenters. The van der Waals surface area contributed by atoms with E-state index in [0.717, 1.165) is 36.2 Å². The number of rotatable bonds is 1. The van der Waals surface area contributed by atoms with Crippen LogP contribution in [-0.4, -0.2) is 5.78 Å². The van der Waals surface area contributed by atoms with Gasteiger partial charge in [0.1, 0.15) is 0 Å². The van der Waals surface area contributed by atoms with E-state index in [-0.39, 0.29) is 5.78 Å². The highest BCUT2D eigenvalue weighted by Gasteiger charge is 2.44. The number of carbonyl (C=O) groups is 1. The summed E-state index contributed by atoms with van der Waals surface area (Å²) in [6.07, 6.45) is 7.05. The van der Waals surface area contributed by atoms with Crippen LogP contribution in [0.1, 0.15) is 53.4 Å². The average Bonchev–Trinajstić information content (AvgIpc) is 2.24. The molecule has 0 bridgehead atoms. The van der Waals surface area contributed by atoms with Gasteiger partial charge in [-0.3, -0.25) is 4.79 Å². The monoisotopic (exact) mass is 220 g/mol. The minimum Gasteiger partial charge on any atom is -0.295 e. The summed E-state index contributed by atoms with van der Waals surface area (Å²) in [5.74, 6) is 2.60. The largest absolute Gasteiger partial charge is 0.295 e. The van der Waals surface area contributed by atoms with Crippen molar-refractivity contribution in [3.8, 4) is 0 Å². The summed E-state index contributed by atoms with van der Waals surface area (Å²) in [4.78, 5) is 11.5. The van der Waals surface area contributed by atoms with E-state index < -0.39 is 0 Å². The van der Waals surface area contributed by atoms with Crippen LogP contribution in [0.3, 0.4) is 0 Å². The lowest BCUT2D eigenvalue weighted by molar-refractivity contribution is -0.114. The summed E-state index contributed by atoms with van der Waals surface area (Å²) in [6, 6.07) is 0. The van der Waals surface area contributed by atoms with Gasteiger partial charge in [0.15, 0.2) is 5.78 Å². The van der Waals surface area contributed by atoms with E-state index in [1.165, 1.54) is 12.8 Å². The predicted molar refractivity (Wildman–Crippen MR) is 67.2 cm³/mol. The molecule has 0 amide bonds. The van der Waals surface area contributed by atoms with E-state index >= 15 is 0 Å². The zero-order chi connectivity index (χ0) is 11.9. The molecule has 0 radical (unpaired) electrons. The van der Waals surface area contributed by atoms with Gasteiger partial charge < -0.3 is 0 Å². The average molecular weight is 220 g/mol. The third-order valence-electron chi connectivity index (χ3n) is 5.31. The summed E-state index contributed by atoms with van der Waals surface area (Å²) in [7, 11) is 0. The second-order valence-electron chi connectivity index (χ2n) is 6.33. The maximum Gasteiger partial charge on any atom is 0.155 e. The fourth-order valence-corrected chi connectivity index (χ4v) is 3.69. The molecule has 0 aliphatic heterocycles. The van der Waals surface area contributed by atoms with Crippen LogP contribution < -0.4 is 0 Å². The SMILES string of the molecule is CC(=O)C1=CC[C@@]2(C)CCC(C)[C@@H](C)C2C1. The Bertz CT molecular complexity index is 328. The number of ketones is 1. The van der Waals surface area contributed by atoms with Gasteiger partial charge in [-0.2, -0.15) is 0 Å². The Morgan fingerprint density at radius 3 is 2.75 bits per heavy atom. The van der Waals surface area contributed by atoms with Gasteiger partial charge in [-0.1, -0.05) is 26.8 Å². The molecule has 1 nitrogen and oxygen atoms in total. The van der Waals surface area contributed by atoms with Gasteiger partial charge in [0.05, 0.1) is 0 Å². The number of Topliss-reactive ketones (excluding diaryl/α,β-unsaturated/α-hetero) is 1. The van der Waals surface area contributed by atoms with E-state index in [1.807, 2.05) is 0 Å². The molecular weight excluding hydrogens is 196 g/mol. The van der Waals surface area contributed by atoms with Crippen molar-refractivity contribution in [1.82, 2.24) is 0 Å². The maximum atomic E-state index is 11.5. The third kappa shape index (κ3) is 1.85. The van der Waals surface area contributed by atoms with Crippen LogP contribution in [0.4, 0.5) is 0 Å². The predicted octanol–water partition coefficient (Wildman–Crippen LogP) is 3.98. The quantitative estimate of drug-likeness (QED) is 0.653. The Morgan fingerprint density at radius 1 is 1.44 bits per heavy atom. The molecule has 0 N–H and O–H groups in total. The Morgan fingerprint density at radius 2 is 2.12 bits per heavy atom. The molecule has 0 heterocycles. The van der Waals surface area contributed by atoms with Gasteiger partial charge in [-0.05, 0) is 61.3 Å². The van der Waals surface area contributed by atoms with Crippen LogP contribution in [0.5, 0.6) is 0 Å². The number of hydrogen-bond acceptors (Lipinski definition) is 1. The molecule has 4 atom stereocenters. The third-order valence-corrected chi connectivity index (χ3v) is 5.31. The molecule has 2 aliphatic carbocycles. The molecule has 0 saturated heterocycles. The van der Waals surface area contributed by atoms with Crippen molar-refractivity contribution >= 4 is 5.78 Å². The van der Waals surface area contributed by atoms with Gasteiger partial charge in [0.25, 0.3) is 0 Å². The summed E-state index contributed by atoms with van der Waals surface area (Å²) < 4.78 is 0. The van der Waals surface area contributed by atoms with Crippen LogP contribution in [0.2, 0.25) is 0 Å². The van der Waals surface area contributed by atoms with Crippen molar-refractivity contribution in [2.24, 2.45) is 23.2 Å². The molecule has 16 heavy (non-hydrogen) atoms.